The van der Waals surface area contributed by atoms with E-state index in [9.17, 15) is 9.90 Å². The van der Waals surface area contributed by atoms with Gasteiger partial charge in [0.05, 0.1) is 5.69 Å². The second-order valence-electron chi connectivity index (χ2n) is 6.73. The Morgan fingerprint density at radius 2 is 1.94 bits per heavy atom. The number of anilines is 1. The van der Waals surface area contributed by atoms with Gasteiger partial charge < -0.3 is 5.11 Å². The van der Waals surface area contributed by atoms with Crippen LogP contribution in [0.2, 0.25) is 10.0 Å². The summed E-state index contributed by atoms with van der Waals surface area (Å²) < 4.78 is 6.52. The fourth-order valence-corrected chi connectivity index (χ4v) is 4.24. The number of nitrogens with zero attached hydrogens (tertiary/aromatic N) is 5. The van der Waals surface area contributed by atoms with Crippen molar-refractivity contribution in [3.63, 3.8) is 0 Å². The van der Waals surface area contributed by atoms with E-state index < -0.39 is 5.90 Å². The third-order valence-electron chi connectivity index (χ3n) is 4.51. The number of thioether (sulfide) groups is 1. The number of rotatable bonds is 6. The van der Waals surface area contributed by atoms with E-state index in [1.54, 1.807) is 36.4 Å². The Morgan fingerprint density at radius 3 is 2.61 bits per heavy atom. The number of hydrogen-bond donors (Lipinski definition) is 0. The number of amidine groups is 1. The summed E-state index contributed by atoms with van der Waals surface area (Å²) in [5, 5.41) is 17.2. The van der Waals surface area contributed by atoms with Gasteiger partial charge in [0, 0.05) is 21.4 Å². The van der Waals surface area contributed by atoms with E-state index in [1.165, 1.54) is 15.8 Å². The van der Waals surface area contributed by atoms with Crippen LogP contribution in [-0.2, 0) is 11.3 Å². The molecule has 8 nitrogen and oxygen atoms in total. The summed E-state index contributed by atoms with van der Waals surface area (Å²) in [5.74, 6) is -0.749. The third-order valence-corrected chi connectivity index (χ3v) is 6.09. The van der Waals surface area contributed by atoms with Crippen LogP contribution in [0.4, 0.5) is 11.6 Å². The van der Waals surface area contributed by atoms with Crippen LogP contribution >= 0.6 is 35.0 Å². The zero-order valence-corrected chi connectivity index (χ0v) is 19.6. The summed E-state index contributed by atoms with van der Waals surface area (Å²) in [4.78, 5) is 23.0. The molecule has 1 aliphatic rings. The number of carbonyl (C=O) groups is 1. The minimum Gasteiger partial charge on any atom is -0.861 e. The second-order valence-corrected chi connectivity index (χ2v) is 8.48. The Labute approximate surface area is 203 Å². The summed E-state index contributed by atoms with van der Waals surface area (Å²) in [6.07, 6.45) is 3.07. The number of benzene rings is 2. The van der Waals surface area contributed by atoms with E-state index in [1.807, 2.05) is 25.1 Å². The number of amides is 1. The normalized spacial score (nSPS) is 15.4. The number of halogens is 2. The molecule has 2 heterocycles. The van der Waals surface area contributed by atoms with Crippen molar-refractivity contribution in [2.24, 2.45) is 9.98 Å². The highest BCUT2D eigenvalue weighted by atomic mass is 35.5. The fourth-order valence-electron chi connectivity index (χ4n) is 2.93. The molecule has 3 aromatic rings. The van der Waals surface area contributed by atoms with Gasteiger partial charge in [-0.15, -0.1) is 0 Å². The van der Waals surface area contributed by atoms with Crippen molar-refractivity contribution in [1.82, 2.24) is 5.27 Å². The summed E-state index contributed by atoms with van der Waals surface area (Å²) >= 11 is 13.6. The molecular formula is C22H17Cl2N5O3S. The molecule has 4 rings (SSSR count). The van der Waals surface area contributed by atoms with Gasteiger partial charge >= 0.3 is 5.88 Å². The van der Waals surface area contributed by atoms with E-state index in [0.717, 1.165) is 11.8 Å². The van der Waals surface area contributed by atoms with E-state index in [4.69, 9.17) is 27.7 Å². The molecule has 0 saturated heterocycles. The number of aromatic nitrogens is 2. The SMILES string of the molecule is CC[n+]1cc(/N=C(/[O-])CSC2=N/C(=C\c3c(Cl)cccc3Cl)C(=O)N2c2ccccc2)on1. The highest BCUT2D eigenvalue weighted by Crippen LogP contribution is 2.32. The third kappa shape index (κ3) is 5.27. The zero-order chi connectivity index (χ0) is 23.4. The van der Waals surface area contributed by atoms with Gasteiger partial charge in [-0.25, -0.2) is 9.98 Å². The molecule has 0 atom stereocenters. The van der Waals surface area contributed by atoms with Gasteiger partial charge in [-0.05, 0) is 43.2 Å². The lowest BCUT2D eigenvalue weighted by Crippen LogP contribution is -2.32. The second kappa shape index (κ2) is 10.2. The van der Waals surface area contributed by atoms with Gasteiger partial charge in [0.2, 0.25) is 5.27 Å². The first-order chi connectivity index (χ1) is 16.0. The van der Waals surface area contributed by atoms with Gasteiger partial charge in [-0.2, -0.15) is 0 Å². The van der Waals surface area contributed by atoms with Crippen LogP contribution < -0.4 is 14.7 Å². The van der Waals surface area contributed by atoms with Crippen molar-refractivity contribution in [2.45, 2.75) is 13.5 Å². The van der Waals surface area contributed by atoms with Gasteiger partial charge in [0.1, 0.15) is 5.70 Å². The first-order valence-electron chi connectivity index (χ1n) is 9.84. The van der Waals surface area contributed by atoms with Gasteiger partial charge in [0.15, 0.2) is 11.7 Å². The number of para-hydroxylation sites is 1. The van der Waals surface area contributed by atoms with Crippen LogP contribution in [0, 0.1) is 0 Å². The first kappa shape index (κ1) is 23.0. The largest absolute Gasteiger partial charge is 0.861 e. The van der Waals surface area contributed by atoms with E-state index in [0.29, 0.717) is 33.0 Å². The van der Waals surface area contributed by atoms with Crippen LogP contribution in [0.1, 0.15) is 12.5 Å². The molecule has 0 N–H and O–H groups in total. The molecule has 33 heavy (non-hydrogen) atoms. The molecule has 1 aliphatic heterocycles. The highest BCUT2D eigenvalue weighted by Gasteiger charge is 2.32. The fraction of sp³-hybridized carbons (Fsp3) is 0.136. The maximum Gasteiger partial charge on any atom is 0.320 e. The predicted octanol–water partition coefficient (Wildman–Crippen LogP) is 3.86. The van der Waals surface area contributed by atoms with Crippen molar-refractivity contribution in [1.29, 1.82) is 0 Å². The average Bonchev–Trinajstić information content (AvgIpc) is 3.39. The Morgan fingerprint density at radius 1 is 1.21 bits per heavy atom. The molecule has 11 heteroatoms. The molecule has 0 bridgehead atoms. The Bertz CT molecular complexity index is 1250. The van der Waals surface area contributed by atoms with Gasteiger partial charge in [0.25, 0.3) is 12.1 Å². The molecule has 0 saturated carbocycles. The highest BCUT2D eigenvalue weighted by molar-refractivity contribution is 8.14. The lowest BCUT2D eigenvalue weighted by molar-refractivity contribution is -0.759. The molecule has 168 valence electrons. The van der Waals surface area contributed by atoms with Crippen molar-refractivity contribution < 1.29 is 19.1 Å². The Kier molecular flexibility index (Phi) is 7.12. The van der Waals surface area contributed by atoms with E-state index >= 15 is 0 Å². The number of hydrogen-bond acceptors (Lipinski definition) is 7. The minimum absolute atomic E-state index is 0.0532. The molecule has 0 spiro atoms. The van der Waals surface area contributed by atoms with Crippen LogP contribution in [-0.4, -0.2) is 28.0 Å². The summed E-state index contributed by atoms with van der Waals surface area (Å²) in [6.45, 7) is 2.48. The van der Waals surface area contributed by atoms with Crippen LogP contribution in [0.15, 0.2) is 74.9 Å². The number of carbonyl (C=O) groups excluding carboxylic acids is 1. The zero-order valence-electron chi connectivity index (χ0n) is 17.3. The maximum atomic E-state index is 13.2. The summed E-state index contributed by atoms with van der Waals surface area (Å²) in [6, 6.07) is 14.1. The molecular weight excluding hydrogens is 485 g/mol. The van der Waals surface area contributed by atoms with Crippen molar-refractivity contribution in [3.05, 3.63) is 76.0 Å². The van der Waals surface area contributed by atoms with E-state index in [-0.39, 0.29) is 23.2 Å². The smallest absolute Gasteiger partial charge is 0.320 e. The molecule has 0 radical (unpaired) electrons. The van der Waals surface area contributed by atoms with Crippen molar-refractivity contribution >= 4 is 69.6 Å². The van der Waals surface area contributed by atoms with Gasteiger partial charge in [-0.1, -0.05) is 63.9 Å². The molecule has 1 aromatic heterocycles. The quantitative estimate of drug-likeness (QED) is 0.221. The minimum atomic E-state index is -0.450. The molecule has 0 unspecified atom stereocenters. The van der Waals surface area contributed by atoms with E-state index in [2.05, 4.69) is 15.3 Å². The van der Waals surface area contributed by atoms with Crippen molar-refractivity contribution in [3.8, 4) is 0 Å². The standard InChI is InChI=1S/C22H17Cl2N5O3S/c1-2-28-12-20(32-27-28)26-19(30)13-33-22-25-18(11-15-16(23)9-6-10-17(15)24)21(31)29(22)14-7-4-3-5-8-14/h3-12H,2,13H2,1H3/b18-11-. The lowest BCUT2D eigenvalue weighted by atomic mass is 10.2. The van der Waals surface area contributed by atoms with Crippen LogP contribution in [0.5, 0.6) is 0 Å². The first-order valence-corrected chi connectivity index (χ1v) is 11.6. The topological polar surface area (TPSA) is 98.0 Å². The Balaban J connectivity index is 1.63. The Hall–Kier alpha value is -3.14. The lowest BCUT2D eigenvalue weighted by Gasteiger charge is -2.18. The molecule has 1 amide bonds. The molecule has 0 fully saturated rings. The van der Waals surface area contributed by atoms with Crippen molar-refractivity contribution in [2.75, 3.05) is 10.7 Å². The number of aliphatic imine (C=N–C) groups is 2. The monoisotopic (exact) mass is 501 g/mol. The average molecular weight is 502 g/mol. The molecule has 2 aromatic carbocycles. The summed E-state index contributed by atoms with van der Waals surface area (Å²) in [7, 11) is 0. The van der Waals surface area contributed by atoms with Crippen LogP contribution in [0.25, 0.3) is 6.08 Å². The maximum absolute atomic E-state index is 13.2. The molecule has 0 aliphatic carbocycles. The van der Waals surface area contributed by atoms with Gasteiger partial charge in [-0.3, -0.25) is 14.2 Å². The van der Waals surface area contributed by atoms with Crippen LogP contribution in [0.3, 0.4) is 0 Å². The summed E-state index contributed by atoms with van der Waals surface area (Å²) in [5.41, 5.74) is 1.26. The number of aryl methyl sites for hydroxylation is 1. The predicted molar refractivity (Wildman–Crippen MR) is 128 cm³/mol.